The summed E-state index contributed by atoms with van der Waals surface area (Å²) in [4.78, 5) is 13.9. The average molecular weight is 260 g/mol. The summed E-state index contributed by atoms with van der Waals surface area (Å²) in [5.74, 6) is 0.969. The van der Waals surface area contributed by atoms with Crippen LogP contribution in [0, 0.1) is 10.1 Å². The second kappa shape index (κ2) is 7.48. The number of nitro groups is 1. The van der Waals surface area contributed by atoms with Gasteiger partial charge in [-0.3, -0.25) is 10.1 Å². The van der Waals surface area contributed by atoms with Gasteiger partial charge in [0, 0.05) is 25.5 Å². The van der Waals surface area contributed by atoms with Gasteiger partial charge in [-0.2, -0.15) is 0 Å². The number of pyridine rings is 1. The lowest BCUT2D eigenvalue weighted by Gasteiger charge is -1.99. The van der Waals surface area contributed by atoms with Gasteiger partial charge >= 0.3 is 0 Å². The summed E-state index contributed by atoms with van der Waals surface area (Å²) >= 11 is 0. The molecule has 0 aliphatic heterocycles. The molecule has 7 heteroatoms. The van der Waals surface area contributed by atoms with E-state index in [9.17, 15) is 10.1 Å². The first-order valence-electron chi connectivity index (χ1n) is 4.63. The molecule has 0 saturated carbocycles. The van der Waals surface area contributed by atoms with Crippen LogP contribution in [-0.2, 0) is 4.74 Å². The summed E-state index contributed by atoms with van der Waals surface area (Å²) < 4.78 is 4.92. The van der Waals surface area contributed by atoms with Crippen LogP contribution in [0.1, 0.15) is 6.42 Å². The van der Waals surface area contributed by atoms with Gasteiger partial charge in [0.05, 0.1) is 4.92 Å². The van der Waals surface area contributed by atoms with Crippen LogP contribution in [0.25, 0.3) is 0 Å². The number of methoxy groups -OCH3 is 1. The van der Waals surface area contributed by atoms with Crippen molar-refractivity contribution in [3.05, 3.63) is 28.4 Å². The predicted octanol–water partition coefficient (Wildman–Crippen LogP) is 2.77. The Morgan fingerprint density at radius 2 is 2.38 bits per heavy atom. The van der Waals surface area contributed by atoms with Crippen molar-refractivity contribution in [3.8, 4) is 0 Å². The normalized spacial score (nSPS) is 10.3. The molecule has 88 valence electrons. The number of ether oxygens (including phenoxy) is 1. The number of hydrogen-bond donors (Lipinski definition) is 0. The molecule has 1 aromatic rings. The van der Waals surface area contributed by atoms with E-state index >= 15 is 0 Å². The average Bonchev–Trinajstić information content (AvgIpc) is 2.29. The van der Waals surface area contributed by atoms with Gasteiger partial charge in [-0.25, -0.2) is 4.98 Å². The highest BCUT2D eigenvalue weighted by atomic mass is 33.1. The van der Waals surface area contributed by atoms with Crippen molar-refractivity contribution < 1.29 is 9.66 Å². The third kappa shape index (κ3) is 4.82. The Balaban J connectivity index is 2.29. The molecule has 0 radical (unpaired) electrons. The zero-order valence-electron chi connectivity index (χ0n) is 8.79. The van der Waals surface area contributed by atoms with Crippen molar-refractivity contribution in [2.75, 3.05) is 19.5 Å². The van der Waals surface area contributed by atoms with Crippen molar-refractivity contribution in [1.82, 2.24) is 4.98 Å². The zero-order valence-corrected chi connectivity index (χ0v) is 10.4. The Hall–Kier alpha value is -0.790. The van der Waals surface area contributed by atoms with Crippen LogP contribution in [-0.4, -0.2) is 29.4 Å². The van der Waals surface area contributed by atoms with Gasteiger partial charge in [0.2, 0.25) is 0 Å². The maximum absolute atomic E-state index is 10.4. The number of aromatic nitrogens is 1. The van der Waals surface area contributed by atoms with Crippen molar-refractivity contribution in [2.24, 2.45) is 0 Å². The number of nitrogens with zero attached hydrogens (tertiary/aromatic N) is 2. The topological polar surface area (TPSA) is 65.3 Å². The van der Waals surface area contributed by atoms with E-state index in [0.29, 0.717) is 0 Å². The highest BCUT2D eigenvalue weighted by molar-refractivity contribution is 8.76. The molecule has 0 aromatic carbocycles. The molecular weight excluding hydrogens is 248 g/mol. The van der Waals surface area contributed by atoms with Gasteiger partial charge in [0.1, 0.15) is 11.2 Å². The van der Waals surface area contributed by atoms with Crippen LogP contribution < -0.4 is 0 Å². The van der Waals surface area contributed by atoms with Crippen LogP contribution in [0.4, 0.5) is 5.69 Å². The summed E-state index contributed by atoms with van der Waals surface area (Å²) in [6, 6.07) is 3.12. The SMILES string of the molecule is COCCCSSc1ccc([N+](=O)[O-])cn1. The minimum absolute atomic E-state index is 0.0220. The van der Waals surface area contributed by atoms with Crippen molar-refractivity contribution in [3.63, 3.8) is 0 Å². The molecule has 0 unspecified atom stereocenters. The third-order valence-electron chi connectivity index (χ3n) is 1.65. The maximum Gasteiger partial charge on any atom is 0.287 e. The number of rotatable bonds is 7. The van der Waals surface area contributed by atoms with Gasteiger partial charge in [-0.05, 0) is 23.3 Å². The van der Waals surface area contributed by atoms with Gasteiger partial charge < -0.3 is 4.74 Å². The molecule has 0 aliphatic rings. The monoisotopic (exact) mass is 260 g/mol. The smallest absolute Gasteiger partial charge is 0.287 e. The van der Waals surface area contributed by atoms with E-state index in [-0.39, 0.29) is 5.69 Å². The summed E-state index contributed by atoms with van der Waals surface area (Å²) in [7, 11) is 4.86. The largest absolute Gasteiger partial charge is 0.385 e. The van der Waals surface area contributed by atoms with E-state index in [1.807, 2.05) is 0 Å². The molecule has 5 nitrogen and oxygen atoms in total. The van der Waals surface area contributed by atoms with Gasteiger partial charge in [-0.15, -0.1) is 0 Å². The fourth-order valence-corrected chi connectivity index (χ4v) is 2.81. The summed E-state index contributed by atoms with van der Waals surface area (Å²) in [6.07, 6.45) is 2.26. The Morgan fingerprint density at radius 1 is 1.56 bits per heavy atom. The lowest BCUT2D eigenvalue weighted by atomic mass is 10.4. The molecule has 0 atom stereocenters. The Labute approximate surface area is 102 Å². The van der Waals surface area contributed by atoms with E-state index in [4.69, 9.17) is 4.74 Å². The second-order valence-corrected chi connectivity index (χ2v) is 5.30. The molecule has 0 fully saturated rings. The summed E-state index contributed by atoms with van der Waals surface area (Å²) in [5, 5.41) is 11.2. The molecule has 0 aliphatic carbocycles. The number of hydrogen-bond acceptors (Lipinski definition) is 6. The van der Waals surface area contributed by atoms with Crippen LogP contribution in [0.3, 0.4) is 0 Å². The molecule has 0 saturated heterocycles. The molecule has 1 rings (SSSR count). The lowest BCUT2D eigenvalue weighted by Crippen LogP contribution is -1.90. The quantitative estimate of drug-likeness (QED) is 0.325. The van der Waals surface area contributed by atoms with Crippen LogP contribution in [0.15, 0.2) is 23.4 Å². The molecule has 1 aromatic heterocycles. The van der Waals surface area contributed by atoms with E-state index < -0.39 is 4.92 Å². The Kier molecular flexibility index (Phi) is 6.20. The standard InChI is InChI=1S/C9H12N2O3S2/c1-14-5-2-6-15-16-9-4-3-8(7-10-9)11(12)13/h3-4,7H,2,5-6H2,1H3. The minimum Gasteiger partial charge on any atom is -0.385 e. The maximum atomic E-state index is 10.4. The first-order chi connectivity index (χ1) is 7.74. The first-order valence-corrected chi connectivity index (χ1v) is 6.95. The fourth-order valence-electron chi connectivity index (χ4n) is 0.894. The van der Waals surface area contributed by atoms with Crippen molar-refractivity contribution in [2.45, 2.75) is 11.4 Å². The van der Waals surface area contributed by atoms with Gasteiger partial charge in [-0.1, -0.05) is 10.8 Å². The lowest BCUT2D eigenvalue weighted by molar-refractivity contribution is -0.385. The minimum atomic E-state index is -0.451. The van der Waals surface area contributed by atoms with E-state index in [1.54, 1.807) is 24.0 Å². The molecule has 0 N–H and O–H groups in total. The fraction of sp³-hybridized carbons (Fsp3) is 0.444. The highest BCUT2D eigenvalue weighted by Gasteiger charge is 2.05. The molecule has 1 heterocycles. The summed E-state index contributed by atoms with van der Waals surface area (Å²) in [6.45, 7) is 0.751. The molecule has 16 heavy (non-hydrogen) atoms. The predicted molar refractivity (Wildman–Crippen MR) is 65.7 cm³/mol. The van der Waals surface area contributed by atoms with Crippen LogP contribution in [0.2, 0.25) is 0 Å². The molecule has 0 amide bonds. The first kappa shape index (κ1) is 13.3. The molecule has 0 spiro atoms. The zero-order chi connectivity index (χ0) is 11.8. The Bertz CT molecular complexity index is 332. The molecule has 0 bridgehead atoms. The summed E-state index contributed by atoms with van der Waals surface area (Å²) in [5.41, 5.74) is 0.0220. The van der Waals surface area contributed by atoms with Crippen LogP contribution in [0.5, 0.6) is 0 Å². The Morgan fingerprint density at radius 3 is 2.94 bits per heavy atom. The van der Waals surface area contributed by atoms with Crippen molar-refractivity contribution in [1.29, 1.82) is 0 Å². The second-order valence-electron chi connectivity index (χ2n) is 2.86. The third-order valence-corrected chi connectivity index (χ3v) is 4.00. The highest BCUT2D eigenvalue weighted by Crippen LogP contribution is 2.30. The van der Waals surface area contributed by atoms with E-state index in [0.717, 1.165) is 23.8 Å². The van der Waals surface area contributed by atoms with Crippen LogP contribution >= 0.6 is 21.6 Å². The van der Waals surface area contributed by atoms with E-state index in [1.165, 1.54) is 23.1 Å². The van der Waals surface area contributed by atoms with Gasteiger partial charge in [0.25, 0.3) is 5.69 Å². The van der Waals surface area contributed by atoms with Crippen molar-refractivity contribution >= 4 is 27.3 Å². The van der Waals surface area contributed by atoms with Gasteiger partial charge in [0.15, 0.2) is 0 Å². The molecular formula is C9H12N2O3S2. The van der Waals surface area contributed by atoms with E-state index in [2.05, 4.69) is 4.98 Å².